The van der Waals surface area contributed by atoms with E-state index >= 15 is 0 Å². The first-order valence-corrected chi connectivity index (χ1v) is 5.67. The summed E-state index contributed by atoms with van der Waals surface area (Å²) < 4.78 is 0. The Labute approximate surface area is 101 Å². The molecule has 0 aromatic heterocycles. The minimum atomic E-state index is -1.28. The summed E-state index contributed by atoms with van der Waals surface area (Å²) in [5, 5.41) is 13.1. The van der Waals surface area contributed by atoms with Crippen molar-refractivity contribution in [3.63, 3.8) is 0 Å². The van der Waals surface area contributed by atoms with Crippen molar-refractivity contribution >= 4 is 11.5 Å². The van der Waals surface area contributed by atoms with Gasteiger partial charge in [-0.25, -0.2) is 0 Å². The van der Waals surface area contributed by atoms with E-state index in [1.165, 1.54) is 0 Å². The Morgan fingerprint density at radius 2 is 1.76 bits per heavy atom. The van der Waals surface area contributed by atoms with Crippen LogP contribution in [0.4, 0.5) is 0 Å². The first-order chi connectivity index (χ1) is 7.83. The van der Waals surface area contributed by atoms with Crippen molar-refractivity contribution in [2.75, 3.05) is 0 Å². The second kappa shape index (κ2) is 3.70. The molecule has 1 aromatic carbocycles. The molecule has 0 aliphatic carbocycles. The maximum Gasteiger partial charge on any atom is 0.254 e. The quantitative estimate of drug-likeness (QED) is 0.776. The van der Waals surface area contributed by atoms with E-state index in [-0.39, 0.29) is 5.91 Å². The lowest BCUT2D eigenvalue weighted by atomic mass is 9.83. The van der Waals surface area contributed by atoms with Gasteiger partial charge in [0.1, 0.15) is 0 Å². The molecule has 2 rings (SSSR count). The Hall–Kier alpha value is -1.61. The predicted molar refractivity (Wildman–Crippen MR) is 67.0 cm³/mol. The Morgan fingerprint density at radius 1 is 1.18 bits per heavy atom. The van der Waals surface area contributed by atoms with Gasteiger partial charge in [0.05, 0.1) is 0 Å². The molecular weight excluding hydrogens is 214 g/mol. The van der Waals surface area contributed by atoms with Crippen LogP contribution in [0.25, 0.3) is 5.57 Å². The Bertz CT molecular complexity index is 471. The van der Waals surface area contributed by atoms with Gasteiger partial charge in [0.15, 0.2) is 5.72 Å². The third kappa shape index (κ3) is 1.98. The van der Waals surface area contributed by atoms with Gasteiger partial charge in [-0.1, -0.05) is 51.1 Å². The van der Waals surface area contributed by atoms with Gasteiger partial charge < -0.3 is 10.4 Å². The smallest absolute Gasteiger partial charge is 0.254 e. The lowest BCUT2D eigenvalue weighted by Gasteiger charge is -2.35. The zero-order valence-corrected chi connectivity index (χ0v) is 10.3. The molecule has 1 aliphatic rings. The van der Waals surface area contributed by atoms with Gasteiger partial charge in [-0.05, 0) is 11.6 Å². The molecule has 0 bridgehead atoms. The number of benzene rings is 1. The summed E-state index contributed by atoms with van der Waals surface area (Å²) in [5.74, 6) is -0.228. The van der Waals surface area contributed by atoms with Crippen molar-refractivity contribution in [1.82, 2.24) is 5.32 Å². The van der Waals surface area contributed by atoms with Crippen LogP contribution in [-0.2, 0) is 4.79 Å². The second-order valence-corrected chi connectivity index (χ2v) is 5.39. The van der Waals surface area contributed by atoms with Crippen molar-refractivity contribution < 1.29 is 9.90 Å². The highest BCUT2D eigenvalue weighted by Crippen LogP contribution is 2.36. The van der Waals surface area contributed by atoms with Crippen molar-refractivity contribution in [3.05, 3.63) is 42.0 Å². The van der Waals surface area contributed by atoms with E-state index in [0.717, 1.165) is 5.56 Å². The number of carbonyl (C=O) groups excluding carboxylic acids is 1. The Balaban J connectivity index is 2.44. The lowest BCUT2D eigenvalue weighted by molar-refractivity contribution is -0.123. The molecule has 0 saturated heterocycles. The molecule has 0 saturated carbocycles. The topological polar surface area (TPSA) is 49.3 Å². The number of aliphatic hydroxyl groups is 1. The molecule has 3 heteroatoms. The standard InChI is InChI=1S/C14H17NO2/c1-13(2,3)14(17)9-11(12(16)15-14)10-7-5-4-6-8-10/h4-9,17H,1-3H3,(H,15,16). The van der Waals surface area contributed by atoms with Crippen LogP contribution in [0.1, 0.15) is 26.3 Å². The number of hydrogen-bond donors (Lipinski definition) is 2. The molecule has 0 radical (unpaired) electrons. The van der Waals surface area contributed by atoms with Crippen LogP contribution in [0.15, 0.2) is 36.4 Å². The first kappa shape index (κ1) is 11.9. The molecule has 1 amide bonds. The first-order valence-electron chi connectivity index (χ1n) is 5.67. The minimum absolute atomic E-state index is 0.228. The third-order valence-corrected chi connectivity index (χ3v) is 3.13. The molecule has 1 heterocycles. The van der Waals surface area contributed by atoms with Crippen molar-refractivity contribution in [2.24, 2.45) is 5.41 Å². The van der Waals surface area contributed by atoms with Gasteiger partial charge >= 0.3 is 0 Å². The molecule has 90 valence electrons. The molecular formula is C14H17NO2. The summed E-state index contributed by atoms with van der Waals surface area (Å²) >= 11 is 0. The maximum atomic E-state index is 11.9. The van der Waals surface area contributed by atoms with Gasteiger partial charge in [-0.2, -0.15) is 0 Å². The van der Waals surface area contributed by atoms with Crippen molar-refractivity contribution in [1.29, 1.82) is 0 Å². The van der Waals surface area contributed by atoms with Gasteiger partial charge in [0, 0.05) is 11.0 Å². The molecule has 1 aromatic rings. The summed E-state index contributed by atoms with van der Waals surface area (Å²) in [4.78, 5) is 11.9. The fourth-order valence-corrected chi connectivity index (χ4v) is 1.79. The summed E-state index contributed by atoms with van der Waals surface area (Å²) in [6, 6.07) is 9.36. The Kier molecular flexibility index (Phi) is 2.59. The fraction of sp³-hybridized carbons (Fsp3) is 0.357. The van der Waals surface area contributed by atoms with Crippen LogP contribution in [0.2, 0.25) is 0 Å². The predicted octanol–water partition coefficient (Wildman–Crippen LogP) is 1.93. The molecule has 2 N–H and O–H groups in total. The van der Waals surface area contributed by atoms with E-state index in [4.69, 9.17) is 0 Å². The van der Waals surface area contributed by atoms with Crippen LogP contribution in [-0.4, -0.2) is 16.7 Å². The fourth-order valence-electron chi connectivity index (χ4n) is 1.79. The molecule has 1 atom stereocenters. The zero-order chi connectivity index (χ0) is 12.7. The summed E-state index contributed by atoms with van der Waals surface area (Å²) in [6.45, 7) is 5.66. The highest BCUT2D eigenvalue weighted by atomic mass is 16.3. The van der Waals surface area contributed by atoms with E-state index in [1.807, 2.05) is 51.1 Å². The van der Waals surface area contributed by atoms with Gasteiger partial charge in [0.2, 0.25) is 0 Å². The van der Waals surface area contributed by atoms with Gasteiger partial charge in [-0.3, -0.25) is 4.79 Å². The number of hydrogen-bond acceptors (Lipinski definition) is 2. The highest BCUT2D eigenvalue weighted by Gasteiger charge is 2.45. The average molecular weight is 231 g/mol. The lowest BCUT2D eigenvalue weighted by Crippen LogP contribution is -2.52. The number of carbonyl (C=O) groups is 1. The number of rotatable bonds is 1. The SMILES string of the molecule is CC(C)(C)C1(O)C=C(c2ccccc2)C(=O)N1. The summed E-state index contributed by atoms with van der Waals surface area (Å²) in [5.41, 5.74) is -0.373. The molecule has 0 fully saturated rings. The average Bonchev–Trinajstić information content (AvgIpc) is 2.56. The number of nitrogens with one attached hydrogen (secondary N) is 1. The summed E-state index contributed by atoms with van der Waals surface area (Å²) in [7, 11) is 0. The van der Waals surface area contributed by atoms with Crippen molar-refractivity contribution in [2.45, 2.75) is 26.5 Å². The van der Waals surface area contributed by atoms with Crippen LogP contribution in [0.3, 0.4) is 0 Å². The molecule has 1 unspecified atom stereocenters. The normalized spacial score (nSPS) is 24.5. The van der Waals surface area contributed by atoms with Crippen LogP contribution >= 0.6 is 0 Å². The van der Waals surface area contributed by atoms with E-state index in [9.17, 15) is 9.90 Å². The van der Waals surface area contributed by atoms with Crippen LogP contribution in [0.5, 0.6) is 0 Å². The number of amides is 1. The Morgan fingerprint density at radius 3 is 2.24 bits per heavy atom. The molecule has 1 aliphatic heterocycles. The van der Waals surface area contributed by atoms with Crippen LogP contribution in [0, 0.1) is 5.41 Å². The largest absolute Gasteiger partial charge is 0.367 e. The van der Waals surface area contributed by atoms with E-state index in [1.54, 1.807) is 6.08 Å². The highest BCUT2D eigenvalue weighted by molar-refractivity contribution is 6.22. The molecule has 0 spiro atoms. The van der Waals surface area contributed by atoms with E-state index < -0.39 is 11.1 Å². The van der Waals surface area contributed by atoms with Crippen molar-refractivity contribution in [3.8, 4) is 0 Å². The minimum Gasteiger partial charge on any atom is -0.367 e. The molecule has 17 heavy (non-hydrogen) atoms. The second-order valence-electron chi connectivity index (χ2n) is 5.39. The third-order valence-electron chi connectivity index (χ3n) is 3.13. The van der Waals surface area contributed by atoms with Crippen LogP contribution < -0.4 is 5.32 Å². The summed E-state index contributed by atoms with van der Waals surface area (Å²) in [6.07, 6.45) is 1.62. The van der Waals surface area contributed by atoms with Gasteiger partial charge in [-0.15, -0.1) is 0 Å². The molecule has 3 nitrogen and oxygen atoms in total. The van der Waals surface area contributed by atoms with E-state index in [0.29, 0.717) is 5.57 Å². The zero-order valence-electron chi connectivity index (χ0n) is 10.3. The monoisotopic (exact) mass is 231 g/mol. The van der Waals surface area contributed by atoms with Gasteiger partial charge in [0.25, 0.3) is 5.91 Å². The van der Waals surface area contributed by atoms with E-state index in [2.05, 4.69) is 5.32 Å². The maximum absolute atomic E-state index is 11.9.